The van der Waals surface area contributed by atoms with Gasteiger partial charge in [-0.25, -0.2) is 0 Å². The van der Waals surface area contributed by atoms with E-state index in [-0.39, 0.29) is 0 Å². The molecule has 0 bridgehead atoms. The number of hydrogen-bond acceptors (Lipinski definition) is 1. The minimum Gasteiger partial charge on any atom is -0.303 e. The molecule has 126 valence electrons. The minimum absolute atomic E-state index is 1.36. The minimum atomic E-state index is 1.36. The SMILES string of the molecule is CCCCCCN1CCCCCCCCCCCCCC1. The van der Waals surface area contributed by atoms with Gasteiger partial charge in [0.2, 0.25) is 0 Å². The standard InChI is InChI=1S/C20H41N/c1-2-3-4-15-18-21-19-16-13-11-9-7-5-6-8-10-12-14-17-20-21/h2-20H2,1H3. The van der Waals surface area contributed by atoms with Crippen LogP contribution in [0.25, 0.3) is 0 Å². The highest BCUT2D eigenvalue weighted by Gasteiger charge is 2.05. The smallest absolute Gasteiger partial charge is 0.00187 e. The first-order valence-electron chi connectivity index (χ1n) is 10.2. The average Bonchev–Trinajstić information content (AvgIpc) is 2.51. The van der Waals surface area contributed by atoms with Crippen molar-refractivity contribution in [2.24, 2.45) is 0 Å². The number of nitrogens with zero attached hydrogens (tertiary/aromatic N) is 1. The van der Waals surface area contributed by atoms with Gasteiger partial charge in [0.05, 0.1) is 0 Å². The molecule has 1 rings (SSSR count). The molecule has 0 saturated carbocycles. The molecular formula is C20H41N. The van der Waals surface area contributed by atoms with Gasteiger partial charge in [0, 0.05) is 0 Å². The van der Waals surface area contributed by atoms with E-state index < -0.39 is 0 Å². The van der Waals surface area contributed by atoms with E-state index >= 15 is 0 Å². The summed E-state index contributed by atoms with van der Waals surface area (Å²) in [6, 6.07) is 0. The topological polar surface area (TPSA) is 3.24 Å². The third-order valence-electron chi connectivity index (χ3n) is 5.03. The first kappa shape index (κ1) is 19.0. The van der Waals surface area contributed by atoms with Crippen LogP contribution in [0.1, 0.15) is 110 Å². The van der Waals surface area contributed by atoms with Crippen molar-refractivity contribution < 1.29 is 0 Å². The zero-order valence-corrected chi connectivity index (χ0v) is 14.9. The van der Waals surface area contributed by atoms with Crippen molar-refractivity contribution in [1.29, 1.82) is 0 Å². The van der Waals surface area contributed by atoms with Crippen molar-refractivity contribution in [2.75, 3.05) is 19.6 Å². The maximum Gasteiger partial charge on any atom is -0.00187 e. The molecule has 1 saturated heterocycles. The quantitative estimate of drug-likeness (QED) is 0.519. The monoisotopic (exact) mass is 295 g/mol. The van der Waals surface area contributed by atoms with Crippen molar-refractivity contribution in [3.8, 4) is 0 Å². The summed E-state index contributed by atoms with van der Waals surface area (Å²) < 4.78 is 0. The zero-order valence-electron chi connectivity index (χ0n) is 14.9. The Balaban J connectivity index is 2.20. The molecule has 0 aliphatic carbocycles. The highest BCUT2D eigenvalue weighted by atomic mass is 15.1. The number of hydrogen-bond donors (Lipinski definition) is 0. The van der Waals surface area contributed by atoms with Crippen LogP contribution in [0, 0.1) is 0 Å². The second-order valence-electron chi connectivity index (χ2n) is 7.14. The summed E-state index contributed by atoms with van der Waals surface area (Å²) >= 11 is 0. The number of rotatable bonds is 5. The molecule has 1 nitrogen and oxygen atoms in total. The lowest BCUT2D eigenvalue weighted by Crippen LogP contribution is -2.27. The fourth-order valence-corrected chi connectivity index (χ4v) is 3.54. The molecule has 0 aromatic heterocycles. The van der Waals surface area contributed by atoms with Crippen molar-refractivity contribution in [3.05, 3.63) is 0 Å². The molecule has 1 fully saturated rings. The fraction of sp³-hybridized carbons (Fsp3) is 1.00. The average molecular weight is 296 g/mol. The van der Waals surface area contributed by atoms with Crippen LogP contribution in [0.5, 0.6) is 0 Å². The van der Waals surface area contributed by atoms with Crippen LogP contribution < -0.4 is 0 Å². The van der Waals surface area contributed by atoms with E-state index in [1.165, 1.54) is 122 Å². The van der Waals surface area contributed by atoms with Gasteiger partial charge in [0.25, 0.3) is 0 Å². The van der Waals surface area contributed by atoms with Crippen LogP contribution in [-0.2, 0) is 0 Å². The highest BCUT2D eigenvalue weighted by Crippen LogP contribution is 2.14. The Morgan fingerprint density at radius 1 is 0.524 bits per heavy atom. The van der Waals surface area contributed by atoms with Gasteiger partial charge in [0.15, 0.2) is 0 Å². The maximum atomic E-state index is 2.77. The van der Waals surface area contributed by atoms with Gasteiger partial charge in [-0.05, 0) is 38.9 Å². The van der Waals surface area contributed by atoms with Gasteiger partial charge in [-0.3, -0.25) is 0 Å². The fourth-order valence-electron chi connectivity index (χ4n) is 3.54. The van der Waals surface area contributed by atoms with Crippen molar-refractivity contribution in [3.63, 3.8) is 0 Å². The van der Waals surface area contributed by atoms with Gasteiger partial charge < -0.3 is 4.90 Å². The lowest BCUT2D eigenvalue weighted by Gasteiger charge is -2.22. The van der Waals surface area contributed by atoms with Crippen molar-refractivity contribution >= 4 is 0 Å². The summed E-state index contributed by atoms with van der Waals surface area (Å²) in [7, 11) is 0. The molecule has 1 aliphatic rings. The van der Waals surface area contributed by atoms with Gasteiger partial charge in [-0.15, -0.1) is 0 Å². The first-order chi connectivity index (χ1) is 10.4. The third kappa shape index (κ3) is 12.2. The maximum absolute atomic E-state index is 2.77. The Morgan fingerprint density at radius 2 is 0.952 bits per heavy atom. The lowest BCUT2D eigenvalue weighted by atomic mass is 10.1. The predicted octanol–water partition coefficient (Wildman–Crippen LogP) is 6.56. The van der Waals surface area contributed by atoms with Gasteiger partial charge in [-0.2, -0.15) is 0 Å². The largest absolute Gasteiger partial charge is 0.303 e. The van der Waals surface area contributed by atoms with Crippen LogP contribution in [-0.4, -0.2) is 24.5 Å². The summed E-state index contributed by atoms with van der Waals surface area (Å²) in [6.45, 7) is 6.41. The van der Waals surface area contributed by atoms with E-state index in [0.717, 1.165) is 0 Å². The van der Waals surface area contributed by atoms with Gasteiger partial charge in [-0.1, -0.05) is 90.4 Å². The van der Waals surface area contributed by atoms with E-state index in [4.69, 9.17) is 0 Å². The second kappa shape index (κ2) is 14.9. The molecule has 0 unspecified atom stereocenters. The molecule has 0 amide bonds. The molecule has 1 heteroatoms. The van der Waals surface area contributed by atoms with Crippen LogP contribution in [0.3, 0.4) is 0 Å². The molecule has 1 heterocycles. The predicted molar refractivity (Wildman–Crippen MR) is 96.0 cm³/mol. The molecule has 0 spiro atoms. The lowest BCUT2D eigenvalue weighted by molar-refractivity contribution is 0.254. The summed E-state index contributed by atoms with van der Waals surface area (Å²) in [5, 5.41) is 0. The van der Waals surface area contributed by atoms with E-state index in [9.17, 15) is 0 Å². The Bertz CT molecular complexity index is 186. The van der Waals surface area contributed by atoms with Crippen LogP contribution in [0.15, 0.2) is 0 Å². The van der Waals surface area contributed by atoms with Crippen LogP contribution in [0.2, 0.25) is 0 Å². The Morgan fingerprint density at radius 3 is 1.38 bits per heavy atom. The molecule has 1 aliphatic heterocycles. The van der Waals surface area contributed by atoms with E-state index in [2.05, 4.69) is 11.8 Å². The summed E-state index contributed by atoms with van der Waals surface area (Å²) in [5.74, 6) is 0. The van der Waals surface area contributed by atoms with Gasteiger partial charge >= 0.3 is 0 Å². The Hall–Kier alpha value is -0.0400. The normalized spacial score (nSPS) is 21.6. The number of unbranched alkanes of at least 4 members (excludes halogenated alkanes) is 3. The Kier molecular flexibility index (Phi) is 13.5. The Labute approximate surface area is 134 Å². The van der Waals surface area contributed by atoms with E-state index in [1.54, 1.807) is 0 Å². The summed E-state index contributed by atoms with van der Waals surface area (Å²) in [5.41, 5.74) is 0. The molecule has 0 radical (unpaired) electrons. The molecule has 0 N–H and O–H groups in total. The van der Waals surface area contributed by atoms with Crippen LogP contribution in [0.4, 0.5) is 0 Å². The zero-order chi connectivity index (χ0) is 15.0. The van der Waals surface area contributed by atoms with Gasteiger partial charge in [0.1, 0.15) is 0 Å². The molecule has 0 aromatic rings. The summed E-state index contributed by atoms with van der Waals surface area (Å²) in [6.07, 6.45) is 23.3. The van der Waals surface area contributed by atoms with Crippen molar-refractivity contribution in [1.82, 2.24) is 4.90 Å². The first-order valence-corrected chi connectivity index (χ1v) is 10.2. The molecule has 0 aromatic carbocycles. The van der Waals surface area contributed by atoms with E-state index in [1.807, 2.05) is 0 Å². The van der Waals surface area contributed by atoms with Crippen molar-refractivity contribution in [2.45, 2.75) is 110 Å². The summed E-state index contributed by atoms with van der Waals surface area (Å²) in [4.78, 5) is 2.77. The van der Waals surface area contributed by atoms with E-state index in [0.29, 0.717) is 0 Å². The second-order valence-corrected chi connectivity index (χ2v) is 7.14. The molecule has 21 heavy (non-hydrogen) atoms. The molecule has 0 atom stereocenters. The van der Waals surface area contributed by atoms with Crippen LogP contribution >= 0.6 is 0 Å². The third-order valence-corrected chi connectivity index (χ3v) is 5.03. The highest BCUT2D eigenvalue weighted by molar-refractivity contribution is 4.60. The molecular weight excluding hydrogens is 254 g/mol.